The Labute approximate surface area is 103 Å². The molecule has 0 saturated carbocycles. The van der Waals surface area contributed by atoms with Crippen LogP contribution in [0.25, 0.3) is 0 Å². The van der Waals surface area contributed by atoms with E-state index in [-0.39, 0.29) is 23.9 Å². The van der Waals surface area contributed by atoms with E-state index in [2.05, 4.69) is 10.2 Å². The first kappa shape index (κ1) is 12.0. The van der Waals surface area contributed by atoms with Crippen LogP contribution >= 0.6 is 0 Å². The molecule has 0 unspecified atom stereocenters. The Morgan fingerprint density at radius 1 is 1.39 bits per heavy atom. The van der Waals surface area contributed by atoms with Crippen LogP contribution in [0.1, 0.15) is 17.3 Å². The van der Waals surface area contributed by atoms with Crippen LogP contribution in [0.3, 0.4) is 0 Å². The van der Waals surface area contributed by atoms with Gasteiger partial charge in [0.1, 0.15) is 0 Å². The molecule has 0 aliphatic heterocycles. The second-order valence-corrected chi connectivity index (χ2v) is 3.73. The van der Waals surface area contributed by atoms with E-state index in [4.69, 9.17) is 9.15 Å². The summed E-state index contributed by atoms with van der Waals surface area (Å²) in [5, 5.41) is 18.2. The van der Waals surface area contributed by atoms with Gasteiger partial charge in [0.15, 0.2) is 12.4 Å². The van der Waals surface area contributed by atoms with Gasteiger partial charge in [0.25, 0.3) is 5.89 Å². The molecule has 2 aromatic rings. The fourth-order valence-electron chi connectivity index (χ4n) is 1.42. The molecule has 0 radical (unpaired) electrons. The molecule has 0 aliphatic carbocycles. The summed E-state index contributed by atoms with van der Waals surface area (Å²) < 4.78 is 10.5. The number of nitro benzene ring substituents is 1. The van der Waals surface area contributed by atoms with E-state index in [9.17, 15) is 10.1 Å². The highest BCUT2D eigenvalue weighted by Gasteiger charge is 2.15. The number of nitro groups is 1. The normalized spacial score (nSPS) is 10.3. The third kappa shape index (κ3) is 2.62. The van der Waals surface area contributed by atoms with Crippen LogP contribution in [-0.2, 0) is 6.61 Å². The first-order chi connectivity index (χ1) is 8.56. The van der Waals surface area contributed by atoms with Crippen LogP contribution in [0.4, 0.5) is 5.69 Å². The molecule has 0 N–H and O–H groups in total. The molecule has 0 bridgehead atoms. The Kier molecular flexibility index (Phi) is 3.22. The van der Waals surface area contributed by atoms with E-state index in [1.54, 1.807) is 19.1 Å². The lowest BCUT2D eigenvalue weighted by atomic mass is 10.2. The van der Waals surface area contributed by atoms with Crippen molar-refractivity contribution in [3.63, 3.8) is 0 Å². The van der Waals surface area contributed by atoms with E-state index in [0.717, 1.165) is 5.56 Å². The number of aromatic nitrogens is 2. The van der Waals surface area contributed by atoms with Crippen molar-refractivity contribution >= 4 is 5.69 Å². The molecular weight excluding hydrogens is 238 g/mol. The first-order valence-electron chi connectivity index (χ1n) is 5.23. The van der Waals surface area contributed by atoms with Gasteiger partial charge in [-0.3, -0.25) is 10.1 Å². The second kappa shape index (κ2) is 4.82. The zero-order valence-electron chi connectivity index (χ0n) is 9.91. The van der Waals surface area contributed by atoms with Gasteiger partial charge in [0.2, 0.25) is 5.89 Å². The van der Waals surface area contributed by atoms with Crippen LogP contribution in [0.2, 0.25) is 0 Å². The van der Waals surface area contributed by atoms with Crippen molar-refractivity contribution in [1.82, 2.24) is 10.2 Å². The van der Waals surface area contributed by atoms with E-state index in [1.807, 2.05) is 6.92 Å². The van der Waals surface area contributed by atoms with Crippen LogP contribution in [0, 0.1) is 24.0 Å². The summed E-state index contributed by atoms with van der Waals surface area (Å²) in [5.41, 5.74) is 0.786. The Bertz CT molecular complexity index is 579. The lowest BCUT2D eigenvalue weighted by molar-refractivity contribution is -0.386. The number of hydrogen-bond acceptors (Lipinski definition) is 6. The number of nitrogens with zero attached hydrogens (tertiary/aromatic N) is 3. The van der Waals surface area contributed by atoms with E-state index in [0.29, 0.717) is 5.89 Å². The minimum Gasteiger partial charge on any atom is -0.477 e. The summed E-state index contributed by atoms with van der Waals surface area (Å²) in [6.45, 7) is 3.49. The number of aryl methyl sites for hydroxylation is 2. The van der Waals surface area contributed by atoms with Gasteiger partial charge in [-0.25, -0.2) is 0 Å². The molecule has 94 valence electrons. The number of benzene rings is 1. The number of ether oxygens (including phenoxy) is 1. The molecule has 2 rings (SSSR count). The van der Waals surface area contributed by atoms with E-state index >= 15 is 0 Å². The number of hydrogen-bond donors (Lipinski definition) is 0. The second-order valence-electron chi connectivity index (χ2n) is 3.73. The zero-order valence-corrected chi connectivity index (χ0v) is 9.91. The average molecular weight is 249 g/mol. The molecule has 7 nitrogen and oxygen atoms in total. The van der Waals surface area contributed by atoms with Gasteiger partial charge in [0, 0.05) is 13.0 Å². The van der Waals surface area contributed by atoms with Crippen LogP contribution in [0.5, 0.6) is 5.75 Å². The molecule has 1 aromatic carbocycles. The van der Waals surface area contributed by atoms with Crippen molar-refractivity contribution in [2.45, 2.75) is 20.5 Å². The van der Waals surface area contributed by atoms with Crippen molar-refractivity contribution in [1.29, 1.82) is 0 Å². The van der Waals surface area contributed by atoms with Crippen molar-refractivity contribution in [2.75, 3.05) is 0 Å². The molecule has 18 heavy (non-hydrogen) atoms. The molecule has 0 spiro atoms. The summed E-state index contributed by atoms with van der Waals surface area (Å²) in [4.78, 5) is 10.3. The molecule has 0 saturated heterocycles. The summed E-state index contributed by atoms with van der Waals surface area (Å²) in [6.07, 6.45) is 0. The zero-order chi connectivity index (χ0) is 13.1. The minimum absolute atomic E-state index is 0.00509. The molecule has 0 amide bonds. The van der Waals surface area contributed by atoms with Gasteiger partial charge < -0.3 is 9.15 Å². The standard InChI is InChI=1S/C11H11N3O4/c1-7-3-4-9(14(15)16)10(5-7)17-6-11-13-12-8(2)18-11/h3-5H,6H2,1-2H3. The van der Waals surface area contributed by atoms with Crippen molar-refractivity contribution < 1.29 is 14.1 Å². The van der Waals surface area contributed by atoms with E-state index in [1.165, 1.54) is 6.07 Å². The predicted octanol–water partition coefficient (Wildman–Crippen LogP) is 2.17. The molecule has 1 heterocycles. The fourth-order valence-corrected chi connectivity index (χ4v) is 1.42. The van der Waals surface area contributed by atoms with Crippen molar-refractivity contribution in [3.8, 4) is 5.75 Å². The summed E-state index contributed by atoms with van der Waals surface area (Å²) in [5.74, 6) is 0.895. The molecule has 1 aromatic heterocycles. The van der Waals surface area contributed by atoms with Gasteiger partial charge in [-0.05, 0) is 18.6 Å². The van der Waals surface area contributed by atoms with Crippen molar-refractivity contribution in [3.05, 3.63) is 45.7 Å². The topological polar surface area (TPSA) is 91.3 Å². The minimum atomic E-state index is -0.492. The summed E-state index contributed by atoms with van der Waals surface area (Å²) in [6, 6.07) is 4.66. The van der Waals surface area contributed by atoms with Gasteiger partial charge >= 0.3 is 5.69 Å². The van der Waals surface area contributed by atoms with Gasteiger partial charge in [-0.15, -0.1) is 10.2 Å². The van der Waals surface area contributed by atoms with Gasteiger partial charge in [-0.2, -0.15) is 0 Å². The summed E-state index contributed by atoms with van der Waals surface area (Å²) in [7, 11) is 0. The lowest BCUT2D eigenvalue weighted by Crippen LogP contribution is -1.99. The Morgan fingerprint density at radius 2 is 2.17 bits per heavy atom. The highest BCUT2D eigenvalue weighted by Crippen LogP contribution is 2.28. The Balaban J connectivity index is 2.17. The quantitative estimate of drug-likeness (QED) is 0.609. The van der Waals surface area contributed by atoms with Crippen LogP contribution < -0.4 is 4.74 Å². The third-order valence-electron chi connectivity index (χ3n) is 2.23. The van der Waals surface area contributed by atoms with Gasteiger partial charge in [0.05, 0.1) is 4.92 Å². The molecule has 7 heteroatoms. The molecule has 0 fully saturated rings. The lowest BCUT2D eigenvalue weighted by Gasteiger charge is -2.05. The molecule has 0 atom stereocenters. The van der Waals surface area contributed by atoms with E-state index < -0.39 is 4.92 Å². The largest absolute Gasteiger partial charge is 0.477 e. The smallest absolute Gasteiger partial charge is 0.310 e. The summed E-state index contributed by atoms with van der Waals surface area (Å²) >= 11 is 0. The first-order valence-corrected chi connectivity index (χ1v) is 5.23. The fraction of sp³-hybridized carbons (Fsp3) is 0.273. The SMILES string of the molecule is Cc1ccc([N+](=O)[O-])c(OCc2nnc(C)o2)c1. The average Bonchev–Trinajstić information content (AvgIpc) is 2.72. The Morgan fingerprint density at radius 3 is 2.78 bits per heavy atom. The van der Waals surface area contributed by atoms with Crippen LogP contribution in [-0.4, -0.2) is 15.1 Å². The third-order valence-corrected chi connectivity index (χ3v) is 2.23. The molecular formula is C11H11N3O4. The number of rotatable bonds is 4. The van der Waals surface area contributed by atoms with Crippen molar-refractivity contribution in [2.24, 2.45) is 0 Å². The molecule has 0 aliphatic rings. The highest BCUT2D eigenvalue weighted by atomic mass is 16.6. The predicted molar refractivity (Wildman–Crippen MR) is 61.2 cm³/mol. The highest BCUT2D eigenvalue weighted by molar-refractivity contribution is 5.48. The van der Waals surface area contributed by atoms with Crippen LogP contribution in [0.15, 0.2) is 22.6 Å². The van der Waals surface area contributed by atoms with Gasteiger partial charge in [-0.1, -0.05) is 6.07 Å². The monoisotopic (exact) mass is 249 g/mol. The maximum absolute atomic E-state index is 10.8. The maximum Gasteiger partial charge on any atom is 0.310 e. The Hall–Kier alpha value is -2.44. The maximum atomic E-state index is 10.8.